The third-order valence-electron chi connectivity index (χ3n) is 2.09. The number of aryl methyl sites for hydroxylation is 1. The molecule has 0 saturated carbocycles. The van der Waals surface area contributed by atoms with Crippen molar-refractivity contribution in [3.05, 3.63) is 54.1 Å². The molecule has 0 aliphatic heterocycles. The van der Waals surface area contributed by atoms with Crippen LogP contribution in [0.4, 0.5) is 0 Å². The molecule has 16 heavy (non-hydrogen) atoms. The van der Waals surface area contributed by atoms with Gasteiger partial charge in [0.15, 0.2) is 0 Å². The lowest BCUT2D eigenvalue weighted by molar-refractivity contribution is 0.475. The molecule has 0 saturated heterocycles. The summed E-state index contributed by atoms with van der Waals surface area (Å²) in [5.74, 6) is 0.310. The van der Waals surface area contributed by atoms with Crippen molar-refractivity contribution in [3.63, 3.8) is 0 Å². The van der Waals surface area contributed by atoms with E-state index in [9.17, 15) is 0 Å². The van der Waals surface area contributed by atoms with Crippen LogP contribution in [0.5, 0.6) is 5.75 Å². The first-order valence-corrected chi connectivity index (χ1v) is 7.09. The summed E-state index contributed by atoms with van der Waals surface area (Å²) in [6.07, 6.45) is 0. The molecule has 82 valence electrons. The molecule has 0 aromatic heterocycles. The topological polar surface area (TPSA) is 20.2 Å². The minimum absolute atomic E-state index is 0.310. The van der Waals surface area contributed by atoms with Crippen LogP contribution in [0.25, 0.3) is 0 Å². The first-order chi connectivity index (χ1) is 7.74. The summed E-state index contributed by atoms with van der Waals surface area (Å²) in [5.41, 5.74) is 1.28. The van der Waals surface area contributed by atoms with Crippen molar-refractivity contribution in [2.45, 2.75) is 16.7 Å². The molecule has 0 fully saturated rings. The standard InChI is InChI=1S/C13H12OS2/c1-10-2-6-12(7-3-10)15-16-13-8-4-11(14)5-9-13/h2-9,14H,1H3. The molecular weight excluding hydrogens is 236 g/mol. The molecule has 0 radical (unpaired) electrons. The summed E-state index contributed by atoms with van der Waals surface area (Å²) in [4.78, 5) is 2.38. The summed E-state index contributed by atoms with van der Waals surface area (Å²) in [5, 5.41) is 9.16. The number of benzene rings is 2. The van der Waals surface area contributed by atoms with Crippen LogP contribution in [-0.4, -0.2) is 5.11 Å². The van der Waals surface area contributed by atoms with Gasteiger partial charge in [-0.05, 0) is 43.3 Å². The van der Waals surface area contributed by atoms with Crippen molar-refractivity contribution in [1.29, 1.82) is 0 Å². The van der Waals surface area contributed by atoms with E-state index in [2.05, 4.69) is 31.2 Å². The second-order valence-electron chi connectivity index (χ2n) is 3.47. The maximum Gasteiger partial charge on any atom is 0.115 e. The highest BCUT2D eigenvalue weighted by Crippen LogP contribution is 2.37. The highest BCUT2D eigenvalue weighted by atomic mass is 33.1. The maximum atomic E-state index is 9.16. The summed E-state index contributed by atoms with van der Waals surface area (Å²) in [6, 6.07) is 15.7. The van der Waals surface area contributed by atoms with Gasteiger partial charge in [-0.15, -0.1) is 0 Å². The van der Waals surface area contributed by atoms with Gasteiger partial charge in [-0.25, -0.2) is 0 Å². The van der Waals surface area contributed by atoms with Gasteiger partial charge in [-0.3, -0.25) is 0 Å². The van der Waals surface area contributed by atoms with E-state index in [1.165, 1.54) is 10.5 Å². The van der Waals surface area contributed by atoms with Gasteiger partial charge in [-0.1, -0.05) is 39.3 Å². The zero-order chi connectivity index (χ0) is 11.4. The van der Waals surface area contributed by atoms with Gasteiger partial charge >= 0.3 is 0 Å². The van der Waals surface area contributed by atoms with Crippen molar-refractivity contribution in [3.8, 4) is 5.75 Å². The highest BCUT2D eigenvalue weighted by molar-refractivity contribution is 8.76. The fraction of sp³-hybridized carbons (Fsp3) is 0.0769. The molecular formula is C13H12OS2. The Morgan fingerprint density at radius 1 is 0.750 bits per heavy atom. The number of hydrogen-bond donors (Lipinski definition) is 1. The zero-order valence-electron chi connectivity index (χ0n) is 8.88. The molecule has 2 aromatic carbocycles. The second kappa shape index (κ2) is 5.32. The van der Waals surface area contributed by atoms with Crippen molar-refractivity contribution in [2.75, 3.05) is 0 Å². The van der Waals surface area contributed by atoms with Crippen molar-refractivity contribution >= 4 is 21.6 Å². The van der Waals surface area contributed by atoms with Gasteiger partial charge in [0, 0.05) is 9.79 Å². The summed E-state index contributed by atoms with van der Waals surface area (Å²) in [7, 11) is 3.42. The van der Waals surface area contributed by atoms with Crippen LogP contribution in [0.15, 0.2) is 58.3 Å². The number of phenols is 1. The normalized spacial score (nSPS) is 10.3. The quantitative estimate of drug-likeness (QED) is 0.808. The second-order valence-corrected chi connectivity index (χ2v) is 5.75. The van der Waals surface area contributed by atoms with Gasteiger partial charge in [-0.2, -0.15) is 0 Å². The average Bonchev–Trinajstić information content (AvgIpc) is 2.30. The average molecular weight is 248 g/mol. The van der Waals surface area contributed by atoms with Gasteiger partial charge in [0.1, 0.15) is 5.75 Å². The lowest BCUT2D eigenvalue weighted by Crippen LogP contribution is -1.71. The van der Waals surface area contributed by atoms with Crippen LogP contribution in [0.1, 0.15) is 5.56 Å². The Morgan fingerprint density at radius 3 is 1.69 bits per heavy atom. The van der Waals surface area contributed by atoms with Crippen LogP contribution in [0.3, 0.4) is 0 Å². The largest absolute Gasteiger partial charge is 0.508 e. The van der Waals surface area contributed by atoms with Gasteiger partial charge < -0.3 is 5.11 Å². The molecule has 0 aliphatic carbocycles. The monoisotopic (exact) mass is 248 g/mol. The predicted octanol–water partition coefficient (Wildman–Crippen LogP) is 4.50. The van der Waals surface area contributed by atoms with E-state index >= 15 is 0 Å². The molecule has 0 bridgehead atoms. The third-order valence-corrected chi connectivity index (χ3v) is 4.51. The Balaban J connectivity index is 1.97. The summed E-state index contributed by atoms with van der Waals surface area (Å²) < 4.78 is 0. The van der Waals surface area contributed by atoms with Crippen molar-refractivity contribution < 1.29 is 5.11 Å². The van der Waals surface area contributed by atoms with E-state index in [1.54, 1.807) is 33.7 Å². The summed E-state index contributed by atoms with van der Waals surface area (Å²) in [6.45, 7) is 2.08. The Bertz CT molecular complexity index is 403. The molecule has 0 atom stereocenters. The smallest absolute Gasteiger partial charge is 0.115 e. The lowest BCUT2D eigenvalue weighted by atomic mass is 10.2. The number of phenolic OH excluding ortho intramolecular Hbond substituents is 1. The third kappa shape index (κ3) is 3.22. The number of rotatable bonds is 3. The summed E-state index contributed by atoms with van der Waals surface area (Å²) >= 11 is 0. The Hall–Kier alpha value is -1.06. The predicted molar refractivity (Wildman–Crippen MR) is 71.0 cm³/mol. The Morgan fingerprint density at radius 2 is 1.19 bits per heavy atom. The molecule has 0 aliphatic rings. The molecule has 0 unspecified atom stereocenters. The Labute approximate surface area is 103 Å². The molecule has 0 spiro atoms. The molecule has 2 aromatic rings. The fourth-order valence-corrected chi connectivity index (χ4v) is 3.12. The van der Waals surface area contributed by atoms with Crippen molar-refractivity contribution in [2.24, 2.45) is 0 Å². The number of hydrogen-bond acceptors (Lipinski definition) is 3. The maximum absolute atomic E-state index is 9.16. The number of aromatic hydroxyl groups is 1. The van der Waals surface area contributed by atoms with E-state index in [1.807, 2.05) is 12.1 Å². The SMILES string of the molecule is Cc1ccc(SSc2ccc(O)cc2)cc1. The molecule has 0 heterocycles. The van der Waals surface area contributed by atoms with E-state index in [0.29, 0.717) is 5.75 Å². The molecule has 1 N–H and O–H groups in total. The fourth-order valence-electron chi connectivity index (χ4n) is 1.19. The molecule has 2 rings (SSSR count). The van der Waals surface area contributed by atoms with Crippen LogP contribution < -0.4 is 0 Å². The van der Waals surface area contributed by atoms with E-state index < -0.39 is 0 Å². The van der Waals surface area contributed by atoms with Crippen LogP contribution in [0, 0.1) is 6.92 Å². The van der Waals surface area contributed by atoms with Crippen molar-refractivity contribution in [1.82, 2.24) is 0 Å². The minimum atomic E-state index is 0.310. The Kier molecular flexibility index (Phi) is 3.80. The molecule has 0 amide bonds. The van der Waals surface area contributed by atoms with Crippen LogP contribution >= 0.6 is 21.6 Å². The first-order valence-electron chi connectivity index (χ1n) is 4.94. The van der Waals surface area contributed by atoms with E-state index in [-0.39, 0.29) is 0 Å². The molecule has 1 nitrogen and oxygen atoms in total. The van der Waals surface area contributed by atoms with E-state index in [4.69, 9.17) is 5.11 Å². The van der Waals surface area contributed by atoms with E-state index in [0.717, 1.165) is 4.90 Å². The zero-order valence-corrected chi connectivity index (χ0v) is 10.5. The highest BCUT2D eigenvalue weighted by Gasteiger charge is 1.97. The van der Waals surface area contributed by atoms with Crippen LogP contribution in [0.2, 0.25) is 0 Å². The van der Waals surface area contributed by atoms with Crippen LogP contribution in [-0.2, 0) is 0 Å². The molecule has 3 heteroatoms. The van der Waals surface area contributed by atoms with Gasteiger partial charge in [0.05, 0.1) is 0 Å². The van der Waals surface area contributed by atoms with Gasteiger partial charge in [0.2, 0.25) is 0 Å². The minimum Gasteiger partial charge on any atom is -0.508 e. The van der Waals surface area contributed by atoms with Gasteiger partial charge in [0.25, 0.3) is 0 Å². The lowest BCUT2D eigenvalue weighted by Gasteiger charge is -2.01. The first kappa shape index (κ1) is 11.4.